The van der Waals surface area contributed by atoms with Crippen molar-refractivity contribution in [3.63, 3.8) is 0 Å². The molecule has 2 aromatic rings. The minimum atomic E-state index is -0.0765. The number of rotatable bonds is 5. The van der Waals surface area contributed by atoms with Crippen LogP contribution in [0, 0.1) is 0 Å². The summed E-state index contributed by atoms with van der Waals surface area (Å²) in [4.78, 5) is 25.9. The minimum absolute atomic E-state index is 0. The summed E-state index contributed by atoms with van der Waals surface area (Å²) in [5, 5.41) is 6.31. The van der Waals surface area contributed by atoms with Crippen LogP contribution in [-0.4, -0.2) is 23.3 Å². The lowest BCUT2D eigenvalue weighted by atomic mass is 10.1. The van der Waals surface area contributed by atoms with Gasteiger partial charge in [0.25, 0.3) is 5.91 Å². The van der Waals surface area contributed by atoms with Crippen molar-refractivity contribution < 1.29 is 9.59 Å². The van der Waals surface area contributed by atoms with Gasteiger partial charge in [-0.1, -0.05) is 30.3 Å². The number of carbonyl (C=O) groups excluding carboxylic acids is 2. The molecule has 0 aliphatic carbocycles. The van der Waals surface area contributed by atoms with Gasteiger partial charge in [0, 0.05) is 44.7 Å². The van der Waals surface area contributed by atoms with Crippen molar-refractivity contribution in [1.82, 2.24) is 15.5 Å². The van der Waals surface area contributed by atoms with Crippen molar-refractivity contribution in [2.75, 3.05) is 6.54 Å². The first-order valence-corrected chi connectivity index (χ1v) is 9.15. The Balaban J connectivity index is 0.00000210. The third kappa shape index (κ3) is 4.49. The number of hydrogen-bond acceptors (Lipinski definition) is 3. The van der Waals surface area contributed by atoms with E-state index in [1.54, 1.807) is 0 Å². The molecule has 0 saturated carbocycles. The zero-order valence-corrected chi connectivity index (χ0v) is 16.0. The highest BCUT2D eigenvalue weighted by Crippen LogP contribution is 2.17. The molecule has 0 radical (unpaired) electrons. The fourth-order valence-corrected chi connectivity index (χ4v) is 3.60. The van der Waals surface area contributed by atoms with E-state index in [2.05, 4.69) is 28.8 Å². The van der Waals surface area contributed by atoms with Crippen LogP contribution < -0.4 is 10.6 Å². The molecule has 0 spiro atoms. The number of amides is 2. The van der Waals surface area contributed by atoms with Crippen LogP contribution in [0.25, 0.3) is 0 Å². The molecular formula is C21H24ClN3O2. The fourth-order valence-electron chi connectivity index (χ4n) is 3.60. The summed E-state index contributed by atoms with van der Waals surface area (Å²) < 4.78 is 0. The Morgan fingerprint density at radius 1 is 1.04 bits per heavy atom. The summed E-state index contributed by atoms with van der Waals surface area (Å²) in [5.74, 6) is 0.142. The molecule has 0 atom stereocenters. The van der Waals surface area contributed by atoms with Crippen LogP contribution in [0.15, 0.2) is 42.5 Å². The number of hydrogen-bond donors (Lipinski definition) is 2. The Morgan fingerprint density at radius 2 is 1.78 bits per heavy atom. The standard InChI is InChI=1S/C21H23N3O2.ClH/c25-20-2-1-9-24(20)14-15-3-6-17(7-4-15)21(26)23-11-16-5-8-18-12-22-13-19(18)10-16;/h3-8,10,22H,1-2,9,11-14H2,(H,23,26);1H. The van der Waals surface area contributed by atoms with Crippen LogP contribution >= 0.6 is 12.4 Å². The molecule has 2 heterocycles. The quantitative estimate of drug-likeness (QED) is 0.832. The Kier molecular flexibility index (Phi) is 6.14. The van der Waals surface area contributed by atoms with E-state index in [0.717, 1.165) is 37.2 Å². The van der Waals surface area contributed by atoms with Gasteiger partial charge in [0.2, 0.25) is 5.91 Å². The molecule has 0 bridgehead atoms. The average Bonchev–Trinajstić information content (AvgIpc) is 3.29. The molecule has 2 aromatic carbocycles. The van der Waals surface area contributed by atoms with Gasteiger partial charge in [-0.25, -0.2) is 0 Å². The monoisotopic (exact) mass is 385 g/mol. The van der Waals surface area contributed by atoms with Crippen LogP contribution in [0.1, 0.15) is 45.5 Å². The molecule has 0 unspecified atom stereocenters. The number of halogens is 1. The first kappa shape index (κ1) is 19.4. The van der Waals surface area contributed by atoms with E-state index in [4.69, 9.17) is 0 Å². The first-order valence-electron chi connectivity index (χ1n) is 9.15. The highest BCUT2D eigenvalue weighted by Gasteiger charge is 2.20. The average molecular weight is 386 g/mol. The molecule has 1 fully saturated rings. The first-order chi connectivity index (χ1) is 12.7. The van der Waals surface area contributed by atoms with E-state index < -0.39 is 0 Å². The zero-order chi connectivity index (χ0) is 17.9. The number of likely N-dealkylation sites (tertiary alicyclic amines) is 1. The maximum Gasteiger partial charge on any atom is 0.251 e. The summed E-state index contributed by atoms with van der Waals surface area (Å²) in [6.07, 6.45) is 1.59. The predicted octanol–water partition coefficient (Wildman–Crippen LogP) is 2.76. The normalized spacial score (nSPS) is 15.4. The molecule has 6 heteroatoms. The second-order valence-electron chi connectivity index (χ2n) is 7.01. The lowest BCUT2D eigenvalue weighted by molar-refractivity contribution is -0.128. The van der Waals surface area contributed by atoms with Gasteiger partial charge in [0.15, 0.2) is 0 Å². The summed E-state index contributed by atoms with van der Waals surface area (Å²) in [5.41, 5.74) is 5.47. The van der Waals surface area contributed by atoms with Crippen molar-refractivity contribution in [3.05, 3.63) is 70.3 Å². The summed E-state index contributed by atoms with van der Waals surface area (Å²) in [6.45, 7) is 3.81. The summed E-state index contributed by atoms with van der Waals surface area (Å²) in [7, 11) is 0. The Labute approximate surface area is 165 Å². The summed E-state index contributed by atoms with van der Waals surface area (Å²) in [6, 6.07) is 13.9. The van der Waals surface area contributed by atoms with Crippen molar-refractivity contribution in [2.45, 2.75) is 39.0 Å². The van der Waals surface area contributed by atoms with Gasteiger partial charge in [-0.3, -0.25) is 9.59 Å². The molecule has 2 N–H and O–H groups in total. The fraction of sp³-hybridized carbons (Fsp3) is 0.333. The number of nitrogens with zero attached hydrogens (tertiary/aromatic N) is 1. The van der Waals surface area contributed by atoms with E-state index in [1.165, 1.54) is 11.1 Å². The van der Waals surface area contributed by atoms with Crippen LogP contribution in [0.3, 0.4) is 0 Å². The topological polar surface area (TPSA) is 61.4 Å². The predicted molar refractivity (Wildman–Crippen MR) is 106 cm³/mol. The Hall–Kier alpha value is -2.37. The Morgan fingerprint density at radius 3 is 2.52 bits per heavy atom. The maximum atomic E-state index is 12.4. The van der Waals surface area contributed by atoms with Gasteiger partial charge in [-0.15, -0.1) is 12.4 Å². The molecule has 1 saturated heterocycles. The SMILES string of the molecule is Cl.O=C(NCc1ccc2c(c1)CNC2)c1ccc(CN2CCCC2=O)cc1. The van der Waals surface area contributed by atoms with Crippen LogP contribution in [-0.2, 0) is 31.0 Å². The second-order valence-corrected chi connectivity index (χ2v) is 7.01. The lowest BCUT2D eigenvalue weighted by Gasteiger charge is -2.15. The third-order valence-corrected chi connectivity index (χ3v) is 5.12. The van der Waals surface area contributed by atoms with Crippen molar-refractivity contribution in [1.29, 1.82) is 0 Å². The van der Waals surface area contributed by atoms with Crippen LogP contribution in [0.5, 0.6) is 0 Å². The number of carbonyl (C=O) groups is 2. The molecule has 5 nitrogen and oxygen atoms in total. The van der Waals surface area contributed by atoms with Gasteiger partial charge in [0.1, 0.15) is 0 Å². The smallest absolute Gasteiger partial charge is 0.251 e. The number of benzene rings is 2. The van der Waals surface area contributed by atoms with E-state index in [-0.39, 0.29) is 24.2 Å². The summed E-state index contributed by atoms with van der Waals surface area (Å²) >= 11 is 0. The van der Waals surface area contributed by atoms with Gasteiger partial charge in [-0.05, 0) is 40.8 Å². The molecule has 27 heavy (non-hydrogen) atoms. The van der Waals surface area contributed by atoms with Gasteiger partial charge >= 0.3 is 0 Å². The molecule has 2 aliphatic rings. The van der Waals surface area contributed by atoms with Crippen molar-refractivity contribution in [3.8, 4) is 0 Å². The molecule has 2 amide bonds. The molecule has 142 valence electrons. The van der Waals surface area contributed by atoms with E-state index in [1.807, 2.05) is 29.2 Å². The highest BCUT2D eigenvalue weighted by molar-refractivity contribution is 5.94. The third-order valence-electron chi connectivity index (χ3n) is 5.12. The van der Waals surface area contributed by atoms with Crippen molar-refractivity contribution in [2.24, 2.45) is 0 Å². The van der Waals surface area contributed by atoms with Crippen LogP contribution in [0.2, 0.25) is 0 Å². The molecule has 2 aliphatic heterocycles. The lowest BCUT2D eigenvalue weighted by Crippen LogP contribution is -2.24. The molecule has 0 aromatic heterocycles. The largest absolute Gasteiger partial charge is 0.348 e. The van der Waals surface area contributed by atoms with Gasteiger partial charge < -0.3 is 15.5 Å². The number of nitrogens with one attached hydrogen (secondary N) is 2. The van der Waals surface area contributed by atoms with Gasteiger partial charge in [0.05, 0.1) is 0 Å². The molecular weight excluding hydrogens is 362 g/mol. The minimum Gasteiger partial charge on any atom is -0.348 e. The molecule has 4 rings (SSSR count). The van der Waals surface area contributed by atoms with Crippen LogP contribution in [0.4, 0.5) is 0 Å². The van der Waals surface area contributed by atoms with Gasteiger partial charge in [-0.2, -0.15) is 0 Å². The Bertz CT molecular complexity index is 836. The van der Waals surface area contributed by atoms with Crippen molar-refractivity contribution >= 4 is 24.2 Å². The van der Waals surface area contributed by atoms with E-state index in [0.29, 0.717) is 25.1 Å². The number of fused-ring (bicyclic) bond motifs is 1. The van der Waals surface area contributed by atoms with E-state index >= 15 is 0 Å². The maximum absolute atomic E-state index is 12.4. The van der Waals surface area contributed by atoms with E-state index in [9.17, 15) is 9.59 Å². The zero-order valence-electron chi connectivity index (χ0n) is 15.2. The highest BCUT2D eigenvalue weighted by atomic mass is 35.5. The second kappa shape index (κ2) is 8.55.